The molecule has 1 aromatic heterocycles. The Morgan fingerprint density at radius 2 is 2.30 bits per heavy atom. The molecule has 1 aromatic carbocycles. The monoisotopic (exact) mass is 373 g/mol. The largest absolute Gasteiger partial charge is 0.376 e. The number of hydrogen-bond donors (Lipinski definition) is 0. The van der Waals surface area contributed by atoms with Crippen LogP contribution in [0.3, 0.4) is 0 Å². The molecule has 1 saturated heterocycles. The SMILES string of the molecule is CCCN(C[C@H]1CCCCO1)C(=O)c1ccc(-n2cncn2)c([N+](=O)[O-])c1. The van der Waals surface area contributed by atoms with Crippen molar-refractivity contribution in [1.82, 2.24) is 19.7 Å². The van der Waals surface area contributed by atoms with Gasteiger partial charge >= 0.3 is 0 Å². The van der Waals surface area contributed by atoms with E-state index in [0.717, 1.165) is 32.3 Å². The van der Waals surface area contributed by atoms with Gasteiger partial charge in [0.2, 0.25) is 0 Å². The van der Waals surface area contributed by atoms with E-state index >= 15 is 0 Å². The first-order valence-corrected chi connectivity index (χ1v) is 9.14. The molecule has 0 N–H and O–H groups in total. The second-order valence-electron chi connectivity index (χ2n) is 6.54. The zero-order valence-corrected chi connectivity index (χ0v) is 15.3. The van der Waals surface area contributed by atoms with E-state index in [4.69, 9.17) is 4.74 Å². The molecular weight excluding hydrogens is 350 g/mol. The Labute approximate surface area is 157 Å². The topological polar surface area (TPSA) is 103 Å². The Kier molecular flexibility index (Phi) is 6.12. The normalized spacial score (nSPS) is 16.9. The number of carbonyl (C=O) groups excluding carboxylic acids is 1. The number of ether oxygens (including phenoxy) is 1. The number of rotatable bonds is 7. The number of benzene rings is 1. The summed E-state index contributed by atoms with van der Waals surface area (Å²) >= 11 is 0. The molecule has 1 amide bonds. The lowest BCUT2D eigenvalue weighted by Crippen LogP contribution is -2.40. The molecule has 9 nitrogen and oxygen atoms in total. The molecule has 27 heavy (non-hydrogen) atoms. The molecule has 0 unspecified atom stereocenters. The molecule has 144 valence electrons. The molecule has 0 radical (unpaired) electrons. The fourth-order valence-corrected chi connectivity index (χ4v) is 3.25. The van der Waals surface area contributed by atoms with Crippen LogP contribution in [0, 0.1) is 10.1 Å². The molecule has 9 heteroatoms. The van der Waals surface area contributed by atoms with Crippen molar-refractivity contribution in [2.24, 2.45) is 0 Å². The number of aromatic nitrogens is 3. The van der Waals surface area contributed by atoms with E-state index in [1.165, 1.54) is 29.5 Å². The van der Waals surface area contributed by atoms with E-state index in [2.05, 4.69) is 10.1 Å². The predicted octanol–water partition coefficient (Wildman–Crippen LogP) is 2.60. The smallest absolute Gasteiger partial charge is 0.295 e. The lowest BCUT2D eigenvalue weighted by molar-refractivity contribution is -0.384. The van der Waals surface area contributed by atoms with Crippen LogP contribution < -0.4 is 0 Å². The van der Waals surface area contributed by atoms with E-state index in [1.54, 1.807) is 11.0 Å². The van der Waals surface area contributed by atoms with Crippen LogP contribution >= 0.6 is 0 Å². The van der Waals surface area contributed by atoms with Gasteiger partial charge in [-0.25, -0.2) is 9.67 Å². The Bertz CT molecular complexity index is 787. The molecule has 1 atom stereocenters. The maximum Gasteiger partial charge on any atom is 0.295 e. The van der Waals surface area contributed by atoms with Crippen LogP contribution in [0.15, 0.2) is 30.9 Å². The molecule has 0 bridgehead atoms. The molecule has 2 heterocycles. The first-order valence-electron chi connectivity index (χ1n) is 9.14. The highest BCUT2D eigenvalue weighted by atomic mass is 16.6. The maximum atomic E-state index is 13.0. The van der Waals surface area contributed by atoms with Crippen LogP contribution in [-0.2, 0) is 4.74 Å². The van der Waals surface area contributed by atoms with Crippen LogP contribution in [0.5, 0.6) is 0 Å². The zero-order valence-electron chi connectivity index (χ0n) is 15.3. The molecule has 3 rings (SSSR count). The molecule has 0 saturated carbocycles. The minimum atomic E-state index is -0.512. The molecule has 0 aliphatic carbocycles. The second kappa shape index (κ2) is 8.72. The summed E-state index contributed by atoms with van der Waals surface area (Å²) in [5.41, 5.74) is 0.373. The van der Waals surface area contributed by atoms with E-state index in [9.17, 15) is 14.9 Å². The molecule has 1 aliphatic rings. The highest BCUT2D eigenvalue weighted by molar-refractivity contribution is 5.95. The number of hydrogen-bond acceptors (Lipinski definition) is 6. The molecule has 1 aliphatic heterocycles. The predicted molar refractivity (Wildman–Crippen MR) is 97.8 cm³/mol. The van der Waals surface area contributed by atoms with Gasteiger partial charge in [0.05, 0.1) is 11.0 Å². The van der Waals surface area contributed by atoms with Crippen LogP contribution in [0.1, 0.15) is 43.0 Å². The summed E-state index contributed by atoms with van der Waals surface area (Å²) < 4.78 is 7.06. The third kappa shape index (κ3) is 4.48. The van der Waals surface area contributed by atoms with Gasteiger partial charge in [-0.3, -0.25) is 14.9 Å². The van der Waals surface area contributed by atoms with Gasteiger partial charge in [0, 0.05) is 31.3 Å². The number of amides is 1. The lowest BCUT2D eigenvalue weighted by atomic mass is 10.1. The Hall–Kier alpha value is -2.81. The standard InChI is InChI=1S/C18H23N5O4/c1-2-8-21(11-15-5-3-4-9-27-15)18(24)14-6-7-16(17(10-14)23(25)26)22-13-19-12-20-22/h6-7,10,12-13,15H,2-5,8-9,11H2,1H3/t15-/m1/s1. The number of nitro benzene ring substituents is 1. The number of nitro groups is 1. The van der Waals surface area contributed by atoms with E-state index in [0.29, 0.717) is 13.1 Å². The van der Waals surface area contributed by atoms with Crippen molar-refractivity contribution in [1.29, 1.82) is 0 Å². The first kappa shape index (κ1) is 19.0. The van der Waals surface area contributed by atoms with Crippen molar-refractivity contribution in [3.05, 3.63) is 46.5 Å². The quantitative estimate of drug-likeness (QED) is 0.546. The summed E-state index contributed by atoms with van der Waals surface area (Å²) in [6.45, 7) is 3.80. The van der Waals surface area contributed by atoms with Crippen LogP contribution in [0.4, 0.5) is 5.69 Å². The van der Waals surface area contributed by atoms with Crippen LogP contribution in [-0.4, -0.2) is 56.3 Å². The maximum absolute atomic E-state index is 13.0. The van der Waals surface area contributed by atoms with E-state index in [-0.39, 0.29) is 28.9 Å². The summed E-state index contributed by atoms with van der Waals surface area (Å²) in [6, 6.07) is 4.43. The third-order valence-electron chi connectivity index (χ3n) is 4.56. The fourth-order valence-electron chi connectivity index (χ4n) is 3.25. The Morgan fingerprint density at radius 3 is 2.93 bits per heavy atom. The van der Waals surface area contributed by atoms with Crippen molar-refractivity contribution >= 4 is 11.6 Å². The molecule has 2 aromatic rings. The summed E-state index contributed by atoms with van der Waals surface area (Å²) in [5, 5.41) is 15.4. The lowest BCUT2D eigenvalue weighted by Gasteiger charge is -2.30. The van der Waals surface area contributed by atoms with Crippen molar-refractivity contribution in [3.8, 4) is 5.69 Å². The summed E-state index contributed by atoms with van der Waals surface area (Å²) in [4.78, 5) is 29.5. The van der Waals surface area contributed by atoms with E-state index < -0.39 is 4.92 Å². The van der Waals surface area contributed by atoms with Crippen LogP contribution in [0.25, 0.3) is 5.69 Å². The molecular formula is C18H23N5O4. The first-order chi connectivity index (χ1) is 13.1. The summed E-state index contributed by atoms with van der Waals surface area (Å²) in [6.07, 6.45) is 6.59. The second-order valence-corrected chi connectivity index (χ2v) is 6.54. The van der Waals surface area contributed by atoms with Gasteiger partial charge < -0.3 is 9.64 Å². The fraction of sp³-hybridized carbons (Fsp3) is 0.500. The highest BCUT2D eigenvalue weighted by Crippen LogP contribution is 2.25. The Balaban J connectivity index is 1.85. The van der Waals surface area contributed by atoms with Crippen molar-refractivity contribution < 1.29 is 14.5 Å². The van der Waals surface area contributed by atoms with E-state index in [1.807, 2.05) is 6.92 Å². The number of nitrogens with zero attached hydrogens (tertiary/aromatic N) is 5. The number of carbonyl (C=O) groups is 1. The van der Waals surface area contributed by atoms with Gasteiger partial charge in [0.1, 0.15) is 18.3 Å². The highest BCUT2D eigenvalue weighted by Gasteiger charge is 2.25. The average molecular weight is 373 g/mol. The van der Waals surface area contributed by atoms with Gasteiger partial charge in [-0.1, -0.05) is 6.92 Å². The average Bonchev–Trinajstić information content (AvgIpc) is 3.22. The van der Waals surface area contributed by atoms with Gasteiger partial charge in [0.15, 0.2) is 0 Å². The zero-order chi connectivity index (χ0) is 19.2. The van der Waals surface area contributed by atoms with Crippen molar-refractivity contribution in [2.45, 2.75) is 38.7 Å². The van der Waals surface area contributed by atoms with Crippen molar-refractivity contribution in [3.63, 3.8) is 0 Å². The minimum absolute atomic E-state index is 0.0265. The van der Waals surface area contributed by atoms with Gasteiger partial charge in [-0.05, 0) is 37.8 Å². The van der Waals surface area contributed by atoms with Gasteiger partial charge in [-0.2, -0.15) is 5.10 Å². The summed E-state index contributed by atoms with van der Waals surface area (Å²) in [7, 11) is 0. The van der Waals surface area contributed by atoms with Crippen molar-refractivity contribution in [2.75, 3.05) is 19.7 Å². The minimum Gasteiger partial charge on any atom is -0.376 e. The third-order valence-corrected chi connectivity index (χ3v) is 4.56. The van der Waals surface area contributed by atoms with Crippen LogP contribution in [0.2, 0.25) is 0 Å². The Morgan fingerprint density at radius 1 is 1.44 bits per heavy atom. The molecule has 0 spiro atoms. The van der Waals surface area contributed by atoms with Gasteiger partial charge in [0.25, 0.3) is 11.6 Å². The summed E-state index contributed by atoms with van der Waals surface area (Å²) in [5.74, 6) is -0.223. The van der Waals surface area contributed by atoms with Gasteiger partial charge in [-0.15, -0.1) is 0 Å². The molecule has 1 fully saturated rings.